The quantitative estimate of drug-likeness (QED) is 0.532. The molecule has 35 heavy (non-hydrogen) atoms. The van der Waals surface area contributed by atoms with Crippen LogP contribution < -0.4 is 10.1 Å². The number of likely N-dealkylation sites (tertiary alicyclic amines) is 1. The van der Waals surface area contributed by atoms with Crippen LogP contribution in [-0.4, -0.2) is 60.5 Å². The van der Waals surface area contributed by atoms with Gasteiger partial charge >= 0.3 is 0 Å². The van der Waals surface area contributed by atoms with Gasteiger partial charge in [-0.15, -0.1) is 9.50 Å². The molecule has 0 saturated carbocycles. The smallest absolute Gasteiger partial charge is 0.283 e. The average Bonchev–Trinajstić information content (AvgIpc) is 3.35. The first-order chi connectivity index (χ1) is 16.6. The predicted molar refractivity (Wildman–Crippen MR) is 134 cm³/mol. The van der Waals surface area contributed by atoms with E-state index in [9.17, 15) is 13.2 Å². The Bertz CT molecular complexity index is 1410. The highest BCUT2D eigenvalue weighted by molar-refractivity contribution is 7.90. The molecule has 3 heterocycles. The molecule has 0 spiro atoms. The number of nitrogens with zero attached hydrogens (tertiary/aromatic N) is 5. The fraction of sp³-hybridized carbons (Fsp3) is 0.417. The Morgan fingerprint density at radius 3 is 2.54 bits per heavy atom. The molecule has 1 aliphatic rings. The fourth-order valence-corrected chi connectivity index (χ4v) is 5.47. The summed E-state index contributed by atoms with van der Waals surface area (Å²) in [5, 5.41) is 8.04. The highest BCUT2D eigenvalue weighted by Gasteiger charge is 2.21. The van der Waals surface area contributed by atoms with Crippen molar-refractivity contribution in [3.05, 3.63) is 41.1 Å². The summed E-state index contributed by atoms with van der Waals surface area (Å²) < 4.78 is 36.3. The van der Waals surface area contributed by atoms with E-state index in [1.54, 1.807) is 23.9 Å². The number of amidine groups is 1. The van der Waals surface area contributed by atoms with Crippen molar-refractivity contribution in [2.75, 3.05) is 26.0 Å². The van der Waals surface area contributed by atoms with Gasteiger partial charge in [-0.25, -0.2) is 9.67 Å². The molecule has 10 nitrogen and oxygen atoms in total. The summed E-state index contributed by atoms with van der Waals surface area (Å²) in [6.07, 6.45) is 2.30. The second-order valence-electron chi connectivity index (χ2n) is 8.71. The highest BCUT2D eigenvalue weighted by Crippen LogP contribution is 2.30. The number of rotatable bonds is 7. The number of methoxy groups -OCH3 is 1. The fourth-order valence-electron chi connectivity index (χ4n) is 4.38. The Balaban J connectivity index is 1.44. The molecule has 1 aromatic carbocycles. The number of aryl methyl sites for hydroxylation is 3. The SMILES string of the molecule is COc1nn(C)c2nc(C)c(CCC(=O)Nc3ccc(S(=O)(=O)/N=C4/CCCN4C)cc3)c(C)c12. The number of ether oxygens (including phenoxy) is 1. The van der Waals surface area contributed by atoms with E-state index >= 15 is 0 Å². The maximum absolute atomic E-state index is 12.6. The summed E-state index contributed by atoms with van der Waals surface area (Å²) in [6, 6.07) is 6.08. The summed E-state index contributed by atoms with van der Waals surface area (Å²) in [5.74, 6) is 0.910. The minimum absolute atomic E-state index is 0.0966. The molecule has 0 unspecified atom stereocenters. The van der Waals surface area contributed by atoms with Gasteiger partial charge in [-0.05, 0) is 62.1 Å². The lowest BCUT2D eigenvalue weighted by molar-refractivity contribution is -0.116. The van der Waals surface area contributed by atoms with Crippen molar-refractivity contribution in [3.8, 4) is 5.88 Å². The number of carbonyl (C=O) groups excluding carboxylic acids is 1. The highest BCUT2D eigenvalue weighted by atomic mass is 32.2. The molecule has 1 amide bonds. The van der Waals surface area contributed by atoms with Crippen molar-refractivity contribution in [1.29, 1.82) is 0 Å². The second-order valence-corrected chi connectivity index (χ2v) is 10.3. The van der Waals surface area contributed by atoms with Crippen molar-refractivity contribution in [2.45, 2.75) is 44.4 Å². The first-order valence-electron chi connectivity index (χ1n) is 11.4. The molecule has 1 saturated heterocycles. The van der Waals surface area contributed by atoms with E-state index in [1.165, 1.54) is 12.1 Å². The minimum atomic E-state index is -3.79. The van der Waals surface area contributed by atoms with Gasteiger partial charge in [0.05, 0.1) is 17.4 Å². The van der Waals surface area contributed by atoms with Crippen LogP contribution in [0.1, 0.15) is 36.1 Å². The molecule has 4 rings (SSSR count). The van der Waals surface area contributed by atoms with Crippen molar-refractivity contribution in [3.63, 3.8) is 0 Å². The van der Waals surface area contributed by atoms with Crippen molar-refractivity contribution in [2.24, 2.45) is 11.4 Å². The largest absolute Gasteiger partial charge is 0.479 e. The van der Waals surface area contributed by atoms with Crippen molar-refractivity contribution in [1.82, 2.24) is 19.7 Å². The van der Waals surface area contributed by atoms with E-state index < -0.39 is 10.0 Å². The number of nitrogens with one attached hydrogen (secondary N) is 1. The molecule has 0 bridgehead atoms. The van der Waals surface area contributed by atoms with Crippen LogP contribution in [0.15, 0.2) is 33.6 Å². The molecule has 11 heteroatoms. The third kappa shape index (κ3) is 5.00. The Morgan fingerprint density at radius 1 is 1.20 bits per heavy atom. The number of aromatic nitrogens is 3. The van der Waals surface area contributed by atoms with Crippen LogP contribution in [-0.2, 0) is 28.3 Å². The third-order valence-corrected chi connectivity index (χ3v) is 7.63. The zero-order valence-corrected chi connectivity index (χ0v) is 21.4. The molecule has 2 aromatic heterocycles. The van der Waals surface area contributed by atoms with Gasteiger partial charge in [-0.1, -0.05) is 0 Å². The number of pyridine rings is 1. The first-order valence-corrected chi connectivity index (χ1v) is 12.9. The molecular weight excluding hydrogens is 468 g/mol. The van der Waals surface area contributed by atoms with Gasteiger partial charge in [0.2, 0.25) is 11.8 Å². The van der Waals surface area contributed by atoms with E-state index in [0.29, 0.717) is 30.2 Å². The summed E-state index contributed by atoms with van der Waals surface area (Å²) in [6.45, 7) is 4.71. The van der Waals surface area contributed by atoms with Crippen LogP contribution in [0.3, 0.4) is 0 Å². The van der Waals surface area contributed by atoms with Crippen molar-refractivity contribution >= 4 is 38.5 Å². The zero-order chi connectivity index (χ0) is 25.3. The lowest BCUT2D eigenvalue weighted by atomic mass is 10.00. The standard InChI is InChI=1S/C24H30N6O4S/c1-15-19(16(2)25-23-22(15)24(34-5)27-30(23)4)12-13-21(31)26-17-8-10-18(11-9-17)35(32,33)28-20-7-6-14-29(20)3/h8-11H,6-7,12-14H2,1-5H3,(H,26,31)/b28-20-. The topological polar surface area (TPSA) is 119 Å². The summed E-state index contributed by atoms with van der Waals surface area (Å²) in [4.78, 5) is 19.2. The van der Waals surface area contributed by atoms with Gasteiger partial charge in [0.15, 0.2) is 5.65 Å². The molecule has 0 aliphatic carbocycles. The Labute approximate surface area is 205 Å². The van der Waals surface area contributed by atoms with Crippen LogP contribution in [0.2, 0.25) is 0 Å². The Morgan fingerprint density at radius 2 is 1.91 bits per heavy atom. The molecule has 1 N–H and O–H groups in total. The molecule has 0 radical (unpaired) electrons. The van der Waals surface area contributed by atoms with E-state index in [1.807, 2.05) is 32.8 Å². The van der Waals surface area contributed by atoms with Gasteiger partial charge in [-0.2, -0.15) is 8.42 Å². The van der Waals surface area contributed by atoms with Gasteiger partial charge in [0.25, 0.3) is 10.0 Å². The van der Waals surface area contributed by atoms with Crippen LogP contribution in [0.4, 0.5) is 5.69 Å². The summed E-state index contributed by atoms with van der Waals surface area (Å²) >= 11 is 0. The maximum atomic E-state index is 12.6. The van der Waals surface area contributed by atoms with E-state index in [2.05, 4.69) is 19.8 Å². The van der Waals surface area contributed by atoms with Gasteiger partial charge in [0.1, 0.15) is 5.84 Å². The monoisotopic (exact) mass is 498 g/mol. The Kier molecular flexibility index (Phi) is 6.79. The Hall–Kier alpha value is -3.47. The number of anilines is 1. The van der Waals surface area contributed by atoms with Crippen LogP contribution in [0.5, 0.6) is 5.88 Å². The second kappa shape index (κ2) is 9.65. The average molecular weight is 499 g/mol. The lowest BCUT2D eigenvalue weighted by Crippen LogP contribution is -2.20. The van der Waals surface area contributed by atoms with E-state index in [-0.39, 0.29) is 17.2 Å². The normalized spacial score (nSPS) is 15.2. The van der Waals surface area contributed by atoms with Crippen LogP contribution >= 0.6 is 0 Å². The molecule has 0 atom stereocenters. The first kappa shape index (κ1) is 24.6. The van der Waals surface area contributed by atoms with Gasteiger partial charge < -0.3 is 15.0 Å². The minimum Gasteiger partial charge on any atom is -0.479 e. The van der Waals surface area contributed by atoms with Crippen molar-refractivity contribution < 1.29 is 17.9 Å². The number of benzene rings is 1. The maximum Gasteiger partial charge on any atom is 0.283 e. The summed E-state index contributed by atoms with van der Waals surface area (Å²) in [5.41, 5.74) is 4.09. The number of sulfonamides is 1. The van der Waals surface area contributed by atoms with Crippen LogP contribution in [0.25, 0.3) is 11.0 Å². The number of fused-ring (bicyclic) bond motifs is 1. The molecule has 1 fully saturated rings. The molecule has 3 aromatic rings. The van der Waals surface area contributed by atoms with E-state index in [4.69, 9.17) is 4.74 Å². The molecule has 1 aliphatic heterocycles. The molecule has 186 valence electrons. The van der Waals surface area contributed by atoms with Crippen LogP contribution in [0, 0.1) is 13.8 Å². The number of amides is 1. The zero-order valence-electron chi connectivity index (χ0n) is 20.6. The lowest BCUT2D eigenvalue weighted by Gasteiger charge is -2.12. The summed E-state index contributed by atoms with van der Waals surface area (Å²) in [7, 11) is 1.44. The third-order valence-electron chi connectivity index (χ3n) is 6.31. The number of hydrogen-bond acceptors (Lipinski definition) is 6. The number of carbonyl (C=O) groups is 1. The van der Waals surface area contributed by atoms with Gasteiger partial charge in [-0.3, -0.25) is 4.79 Å². The van der Waals surface area contributed by atoms with Gasteiger partial charge in [0, 0.05) is 44.9 Å². The molecular formula is C24H30N6O4S. The predicted octanol–water partition coefficient (Wildman–Crippen LogP) is 2.98. The van der Waals surface area contributed by atoms with E-state index in [0.717, 1.165) is 40.8 Å². The number of hydrogen-bond donors (Lipinski definition) is 1.